The SMILES string of the molecule is CC(C)(C)OC(=O)N1CC2CCC(C1)C21CC(=O)N(c2ccc(C(F)(F)F)nc2)C1. The summed E-state index contributed by atoms with van der Waals surface area (Å²) in [7, 11) is 0. The minimum atomic E-state index is -4.51. The van der Waals surface area contributed by atoms with E-state index in [2.05, 4.69) is 4.98 Å². The maximum absolute atomic E-state index is 12.8. The van der Waals surface area contributed by atoms with E-state index in [-0.39, 0.29) is 29.3 Å². The highest BCUT2D eigenvalue weighted by atomic mass is 19.4. The molecule has 164 valence electrons. The number of aromatic nitrogens is 1. The second-order valence-electron chi connectivity index (χ2n) is 9.65. The summed E-state index contributed by atoms with van der Waals surface area (Å²) in [5.74, 6) is 0.236. The van der Waals surface area contributed by atoms with E-state index in [9.17, 15) is 22.8 Å². The van der Waals surface area contributed by atoms with Crippen LogP contribution in [-0.4, -0.2) is 47.1 Å². The molecule has 3 fully saturated rings. The summed E-state index contributed by atoms with van der Waals surface area (Å²) >= 11 is 0. The van der Waals surface area contributed by atoms with Crippen LogP contribution >= 0.6 is 0 Å². The van der Waals surface area contributed by atoms with E-state index in [1.807, 2.05) is 20.8 Å². The second-order valence-corrected chi connectivity index (χ2v) is 9.65. The maximum atomic E-state index is 12.8. The van der Waals surface area contributed by atoms with Crippen LogP contribution in [0.3, 0.4) is 0 Å². The molecule has 2 bridgehead atoms. The highest BCUT2D eigenvalue weighted by Crippen LogP contribution is 2.57. The van der Waals surface area contributed by atoms with Crippen LogP contribution in [-0.2, 0) is 15.7 Å². The summed E-state index contributed by atoms with van der Waals surface area (Å²) in [6, 6.07) is 2.22. The van der Waals surface area contributed by atoms with Crippen LogP contribution in [0.25, 0.3) is 0 Å². The van der Waals surface area contributed by atoms with E-state index in [1.165, 1.54) is 6.07 Å². The van der Waals surface area contributed by atoms with Crippen LogP contribution in [0.4, 0.5) is 23.7 Å². The van der Waals surface area contributed by atoms with Gasteiger partial charge in [-0.1, -0.05) is 0 Å². The van der Waals surface area contributed by atoms with Gasteiger partial charge in [-0.15, -0.1) is 0 Å². The fourth-order valence-corrected chi connectivity index (χ4v) is 5.25. The van der Waals surface area contributed by atoms with Gasteiger partial charge in [0.25, 0.3) is 0 Å². The number of rotatable bonds is 1. The number of amides is 2. The van der Waals surface area contributed by atoms with Gasteiger partial charge in [-0.05, 0) is 57.6 Å². The van der Waals surface area contributed by atoms with Crippen molar-refractivity contribution in [2.24, 2.45) is 17.3 Å². The molecule has 30 heavy (non-hydrogen) atoms. The first-order valence-corrected chi connectivity index (χ1v) is 10.2. The minimum Gasteiger partial charge on any atom is -0.444 e. The monoisotopic (exact) mass is 425 g/mol. The maximum Gasteiger partial charge on any atom is 0.433 e. The Bertz CT molecular complexity index is 834. The number of carbonyl (C=O) groups excluding carboxylic acids is 2. The predicted molar refractivity (Wildman–Crippen MR) is 103 cm³/mol. The lowest BCUT2D eigenvalue weighted by Crippen LogP contribution is -2.53. The van der Waals surface area contributed by atoms with Crippen molar-refractivity contribution in [2.45, 2.75) is 51.8 Å². The van der Waals surface area contributed by atoms with Gasteiger partial charge in [-0.2, -0.15) is 13.2 Å². The molecule has 1 aromatic heterocycles. The molecular formula is C21H26F3N3O3. The lowest BCUT2D eigenvalue weighted by atomic mass is 9.68. The zero-order valence-electron chi connectivity index (χ0n) is 17.3. The topological polar surface area (TPSA) is 62.7 Å². The summed E-state index contributed by atoms with van der Waals surface area (Å²) in [5, 5.41) is 0. The van der Waals surface area contributed by atoms with Gasteiger partial charge in [0, 0.05) is 31.5 Å². The standard InChI is InChI=1S/C21H26F3N3O3/c1-19(2,3)30-18(29)26-10-13-4-5-14(11-26)20(13)8-17(28)27(12-20)15-6-7-16(25-9-15)21(22,23)24/h6-7,9,13-14H,4-5,8,10-12H2,1-3H3. The molecule has 1 spiro atoms. The van der Waals surface area contributed by atoms with Gasteiger partial charge in [-0.3, -0.25) is 4.79 Å². The number of carbonyl (C=O) groups is 2. The Hall–Kier alpha value is -2.32. The molecule has 3 aliphatic rings. The third-order valence-electron chi connectivity index (χ3n) is 6.61. The van der Waals surface area contributed by atoms with Crippen molar-refractivity contribution in [1.82, 2.24) is 9.88 Å². The molecule has 1 aromatic rings. The molecule has 0 radical (unpaired) electrons. The smallest absolute Gasteiger partial charge is 0.433 e. The van der Waals surface area contributed by atoms with Crippen molar-refractivity contribution in [1.29, 1.82) is 0 Å². The van der Waals surface area contributed by atoms with E-state index < -0.39 is 17.5 Å². The van der Waals surface area contributed by atoms with Gasteiger partial charge in [0.1, 0.15) is 11.3 Å². The number of hydrogen-bond donors (Lipinski definition) is 0. The van der Waals surface area contributed by atoms with E-state index in [0.29, 0.717) is 31.7 Å². The van der Waals surface area contributed by atoms with Gasteiger partial charge >= 0.3 is 12.3 Å². The molecule has 2 amide bonds. The van der Waals surface area contributed by atoms with Gasteiger partial charge in [0.2, 0.25) is 5.91 Å². The van der Waals surface area contributed by atoms with Crippen LogP contribution in [0.15, 0.2) is 18.3 Å². The van der Waals surface area contributed by atoms with E-state index in [4.69, 9.17) is 4.74 Å². The van der Waals surface area contributed by atoms with Gasteiger partial charge < -0.3 is 14.5 Å². The van der Waals surface area contributed by atoms with E-state index in [0.717, 1.165) is 25.1 Å². The van der Waals surface area contributed by atoms with Crippen LogP contribution in [0.2, 0.25) is 0 Å². The Kier molecular flexibility index (Phi) is 4.78. The first-order chi connectivity index (χ1) is 13.9. The zero-order valence-corrected chi connectivity index (χ0v) is 17.3. The van der Waals surface area contributed by atoms with Crippen molar-refractivity contribution in [3.8, 4) is 0 Å². The number of likely N-dealkylation sites (tertiary alicyclic amines) is 1. The third kappa shape index (κ3) is 3.63. The summed E-state index contributed by atoms with van der Waals surface area (Å²) < 4.78 is 43.9. The lowest BCUT2D eigenvalue weighted by molar-refractivity contribution is -0.141. The number of anilines is 1. The third-order valence-corrected chi connectivity index (χ3v) is 6.61. The summed E-state index contributed by atoms with van der Waals surface area (Å²) in [4.78, 5) is 32.1. The Morgan fingerprint density at radius 1 is 1.17 bits per heavy atom. The molecule has 0 N–H and O–H groups in total. The molecule has 1 aliphatic carbocycles. The highest BCUT2D eigenvalue weighted by Gasteiger charge is 2.60. The number of pyridine rings is 1. The number of nitrogens with zero attached hydrogens (tertiary/aromatic N) is 3. The number of alkyl halides is 3. The van der Waals surface area contributed by atoms with Crippen molar-refractivity contribution >= 4 is 17.7 Å². The predicted octanol–water partition coefficient (Wildman–Crippen LogP) is 4.10. The molecule has 2 atom stereocenters. The van der Waals surface area contributed by atoms with Gasteiger partial charge in [0.15, 0.2) is 0 Å². The fourth-order valence-electron chi connectivity index (χ4n) is 5.25. The number of hydrogen-bond acceptors (Lipinski definition) is 4. The van der Waals surface area contributed by atoms with Crippen LogP contribution < -0.4 is 4.90 Å². The van der Waals surface area contributed by atoms with Crippen molar-refractivity contribution in [3.63, 3.8) is 0 Å². The largest absolute Gasteiger partial charge is 0.444 e. The molecule has 2 saturated heterocycles. The van der Waals surface area contributed by atoms with Crippen molar-refractivity contribution < 1.29 is 27.5 Å². The van der Waals surface area contributed by atoms with E-state index >= 15 is 0 Å². The first kappa shape index (κ1) is 20.9. The Labute approximate surface area is 173 Å². The molecular weight excluding hydrogens is 399 g/mol. The normalized spacial score (nSPS) is 29.1. The molecule has 6 nitrogen and oxygen atoms in total. The number of halogens is 3. The first-order valence-electron chi connectivity index (χ1n) is 10.2. The molecule has 2 aliphatic heterocycles. The molecule has 3 heterocycles. The summed E-state index contributed by atoms with van der Waals surface area (Å²) in [5.41, 5.74) is -1.41. The van der Waals surface area contributed by atoms with Crippen molar-refractivity contribution in [2.75, 3.05) is 24.5 Å². The van der Waals surface area contributed by atoms with Gasteiger partial charge in [0.05, 0.1) is 11.9 Å². The number of piperidine rings is 1. The molecule has 4 rings (SSSR count). The molecule has 0 aromatic carbocycles. The zero-order chi connectivity index (χ0) is 21.9. The highest BCUT2D eigenvalue weighted by molar-refractivity contribution is 5.96. The quantitative estimate of drug-likeness (QED) is 0.680. The van der Waals surface area contributed by atoms with Crippen LogP contribution in [0, 0.1) is 17.3 Å². The molecule has 1 saturated carbocycles. The lowest BCUT2D eigenvalue weighted by Gasteiger charge is -2.45. The summed E-state index contributed by atoms with van der Waals surface area (Å²) in [6.45, 7) is 7.02. The average molecular weight is 425 g/mol. The fraction of sp³-hybridized carbons (Fsp3) is 0.667. The Morgan fingerprint density at radius 2 is 1.80 bits per heavy atom. The molecule has 2 unspecified atom stereocenters. The van der Waals surface area contributed by atoms with Crippen molar-refractivity contribution in [3.05, 3.63) is 24.0 Å². The van der Waals surface area contributed by atoms with Gasteiger partial charge in [-0.25, -0.2) is 9.78 Å². The number of ether oxygens (including phenoxy) is 1. The Balaban J connectivity index is 1.50. The summed E-state index contributed by atoms with van der Waals surface area (Å²) in [6.07, 6.45) is -1.51. The molecule has 9 heteroatoms. The van der Waals surface area contributed by atoms with Crippen LogP contribution in [0.5, 0.6) is 0 Å². The minimum absolute atomic E-state index is 0.0980. The second kappa shape index (κ2) is 6.85. The average Bonchev–Trinajstić information content (AvgIpc) is 3.02. The van der Waals surface area contributed by atoms with E-state index in [1.54, 1.807) is 9.80 Å². The van der Waals surface area contributed by atoms with Crippen LogP contribution in [0.1, 0.15) is 45.7 Å². The Morgan fingerprint density at radius 3 is 2.30 bits per heavy atom.